The number of hydrogen-bond acceptors (Lipinski definition) is 8. The summed E-state index contributed by atoms with van der Waals surface area (Å²) < 4.78 is 0. The molecule has 5 N–H and O–H groups in total. The van der Waals surface area contributed by atoms with Crippen molar-refractivity contribution in [1.82, 2.24) is 9.97 Å². The van der Waals surface area contributed by atoms with Crippen LogP contribution in [0.3, 0.4) is 0 Å². The Morgan fingerprint density at radius 3 is 1.67 bits per heavy atom. The molecule has 0 aliphatic heterocycles. The lowest BCUT2D eigenvalue weighted by Gasteiger charge is -2.12. The molecule has 1 heterocycles. The van der Waals surface area contributed by atoms with E-state index in [-0.39, 0.29) is 23.3 Å². The summed E-state index contributed by atoms with van der Waals surface area (Å²) in [5, 5.41) is 17.7. The molecule has 0 radical (unpaired) electrons. The van der Waals surface area contributed by atoms with Gasteiger partial charge in [0.25, 0.3) is 0 Å². The van der Waals surface area contributed by atoms with Crippen molar-refractivity contribution < 1.29 is 4.92 Å². The van der Waals surface area contributed by atoms with Gasteiger partial charge in [0, 0.05) is 13.1 Å². The number of anilines is 3. The molecular formula is C18H19N7O2. The Morgan fingerprint density at radius 2 is 1.30 bits per heavy atom. The molecule has 0 unspecified atom stereocenters. The van der Waals surface area contributed by atoms with E-state index in [1.54, 1.807) is 0 Å². The van der Waals surface area contributed by atoms with E-state index in [0.29, 0.717) is 13.1 Å². The summed E-state index contributed by atoms with van der Waals surface area (Å²) in [6.07, 6.45) is 0. The van der Waals surface area contributed by atoms with Gasteiger partial charge >= 0.3 is 5.69 Å². The molecule has 138 valence electrons. The van der Waals surface area contributed by atoms with Crippen molar-refractivity contribution >= 4 is 23.3 Å². The lowest BCUT2D eigenvalue weighted by atomic mass is 10.2. The highest BCUT2D eigenvalue weighted by atomic mass is 16.6. The Bertz CT molecular complexity index is 840. The van der Waals surface area contributed by atoms with Crippen molar-refractivity contribution in [3.05, 3.63) is 81.9 Å². The normalized spacial score (nSPS) is 10.3. The molecule has 27 heavy (non-hydrogen) atoms. The van der Waals surface area contributed by atoms with Crippen LogP contribution in [-0.4, -0.2) is 14.9 Å². The van der Waals surface area contributed by atoms with E-state index in [2.05, 4.69) is 26.0 Å². The number of nitrogen functional groups attached to an aromatic ring is 1. The van der Waals surface area contributed by atoms with Crippen molar-refractivity contribution in [2.75, 3.05) is 16.1 Å². The van der Waals surface area contributed by atoms with Gasteiger partial charge in [0.1, 0.15) is 0 Å². The predicted octanol–water partition coefficient (Wildman–Crippen LogP) is 2.89. The highest BCUT2D eigenvalue weighted by Crippen LogP contribution is 2.31. The van der Waals surface area contributed by atoms with E-state index in [1.807, 2.05) is 60.7 Å². The van der Waals surface area contributed by atoms with Crippen molar-refractivity contribution in [3.8, 4) is 0 Å². The third-order valence-corrected chi connectivity index (χ3v) is 3.80. The number of hydrogen-bond donors (Lipinski definition) is 4. The molecule has 0 aliphatic rings. The number of nitrogens with two attached hydrogens (primary N) is 1. The van der Waals surface area contributed by atoms with E-state index in [1.165, 1.54) is 0 Å². The average Bonchev–Trinajstić information content (AvgIpc) is 2.71. The van der Waals surface area contributed by atoms with Gasteiger partial charge in [0.05, 0.1) is 4.92 Å². The number of nitro groups is 1. The molecule has 9 heteroatoms. The second kappa shape index (κ2) is 8.59. The van der Waals surface area contributed by atoms with Gasteiger partial charge in [-0.3, -0.25) is 15.5 Å². The summed E-state index contributed by atoms with van der Waals surface area (Å²) >= 11 is 0. The van der Waals surface area contributed by atoms with Crippen LogP contribution in [0.4, 0.5) is 23.3 Å². The molecule has 3 aromatic rings. The maximum atomic E-state index is 11.7. The van der Waals surface area contributed by atoms with Crippen LogP contribution in [0.1, 0.15) is 11.1 Å². The van der Waals surface area contributed by atoms with Crippen LogP contribution in [0, 0.1) is 10.1 Å². The number of aromatic nitrogens is 2. The maximum Gasteiger partial charge on any atom is 0.353 e. The van der Waals surface area contributed by atoms with Crippen LogP contribution < -0.4 is 21.9 Å². The summed E-state index contributed by atoms with van der Waals surface area (Å²) in [4.78, 5) is 19.4. The van der Waals surface area contributed by atoms with Crippen molar-refractivity contribution in [2.45, 2.75) is 13.1 Å². The standard InChI is InChI=1S/C18H19N7O2/c19-24-18-22-16(20-11-13-7-3-1-4-8-13)15(25(26)27)17(23-18)21-12-14-9-5-2-6-10-14/h1-10H,11-12,19H2,(H3,20,21,22,23,24). The van der Waals surface area contributed by atoms with Crippen LogP contribution in [0.5, 0.6) is 0 Å². The molecule has 0 fully saturated rings. The molecule has 1 aromatic heterocycles. The van der Waals surface area contributed by atoms with Crippen molar-refractivity contribution in [1.29, 1.82) is 0 Å². The quantitative estimate of drug-likeness (QED) is 0.272. The molecule has 0 bridgehead atoms. The molecular weight excluding hydrogens is 346 g/mol. The number of nitrogens with zero attached hydrogens (tertiary/aromatic N) is 3. The average molecular weight is 365 g/mol. The van der Waals surface area contributed by atoms with E-state index >= 15 is 0 Å². The maximum absolute atomic E-state index is 11.7. The molecule has 0 saturated carbocycles. The van der Waals surface area contributed by atoms with Crippen LogP contribution in [0.25, 0.3) is 0 Å². The van der Waals surface area contributed by atoms with Crippen LogP contribution >= 0.6 is 0 Å². The first-order chi connectivity index (χ1) is 13.2. The molecule has 3 rings (SSSR count). The minimum atomic E-state index is -0.513. The zero-order chi connectivity index (χ0) is 19.1. The summed E-state index contributed by atoms with van der Waals surface area (Å²) in [6, 6.07) is 19.0. The fraction of sp³-hybridized carbons (Fsp3) is 0.111. The third kappa shape index (κ3) is 4.67. The summed E-state index contributed by atoms with van der Waals surface area (Å²) in [7, 11) is 0. The first-order valence-corrected chi connectivity index (χ1v) is 8.26. The summed E-state index contributed by atoms with van der Waals surface area (Å²) in [5.41, 5.74) is 4.04. The molecule has 0 atom stereocenters. The first-order valence-electron chi connectivity index (χ1n) is 8.26. The van der Waals surface area contributed by atoms with E-state index in [4.69, 9.17) is 5.84 Å². The van der Waals surface area contributed by atoms with E-state index in [0.717, 1.165) is 11.1 Å². The zero-order valence-electron chi connectivity index (χ0n) is 14.4. The fourth-order valence-corrected chi connectivity index (χ4v) is 2.50. The molecule has 9 nitrogen and oxygen atoms in total. The van der Waals surface area contributed by atoms with Gasteiger partial charge < -0.3 is 10.6 Å². The monoisotopic (exact) mass is 365 g/mol. The lowest BCUT2D eigenvalue weighted by molar-refractivity contribution is -0.383. The minimum absolute atomic E-state index is 0.0757. The topological polar surface area (TPSA) is 131 Å². The van der Waals surface area contributed by atoms with E-state index < -0.39 is 4.92 Å². The minimum Gasteiger partial charge on any atom is -0.360 e. The SMILES string of the molecule is NNc1nc(NCc2ccccc2)c([N+](=O)[O-])c(NCc2ccccc2)n1. The smallest absolute Gasteiger partial charge is 0.353 e. The van der Waals surface area contributed by atoms with Gasteiger partial charge in [-0.1, -0.05) is 60.7 Å². The van der Waals surface area contributed by atoms with Gasteiger partial charge in [-0.15, -0.1) is 0 Å². The Kier molecular flexibility index (Phi) is 5.75. The molecule has 0 saturated heterocycles. The Balaban J connectivity index is 1.88. The van der Waals surface area contributed by atoms with Crippen molar-refractivity contribution in [3.63, 3.8) is 0 Å². The number of benzene rings is 2. The molecule has 0 spiro atoms. The van der Waals surface area contributed by atoms with Crippen LogP contribution in [0.2, 0.25) is 0 Å². The Morgan fingerprint density at radius 1 is 0.852 bits per heavy atom. The first kappa shape index (κ1) is 18.1. The number of rotatable bonds is 8. The molecule has 2 aromatic carbocycles. The number of hydrazine groups is 1. The van der Waals surface area contributed by atoms with Crippen LogP contribution in [-0.2, 0) is 13.1 Å². The van der Waals surface area contributed by atoms with Gasteiger partial charge in [-0.25, -0.2) is 5.84 Å². The molecule has 0 amide bonds. The van der Waals surface area contributed by atoms with Gasteiger partial charge in [0.2, 0.25) is 17.6 Å². The molecule has 0 aliphatic carbocycles. The Labute approximate surface area is 155 Å². The van der Waals surface area contributed by atoms with Gasteiger partial charge in [0.15, 0.2) is 0 Å². The zero-order valence-corrected chi connectivity index (χ0v) is 14.4. The second-order valence-electron chi connectivity index (χ2n) is 5.67. The number of nitrogens with one attached hydrogen (secondary N) is 3. The van der Waals surface area contributed by atoms with Crippen molar-refractivity contribution in [2.24, 2.45) is 5.84 Å². The largest absolute Gasteiger partial charge is 0.360 e. The lowest BCUT2D eigenvalue weighted by Crippen LogP contribution is -2.16. The van der Waals surface area contributed by atoms with Gasteiger partial charge in [-0.2, -0.15) is 9.97 Å². The highest BCUT2D eigenvalue weighted by Gasteiger charge is 2.24. The van der Waals surface area contributed by atoms with E-state index in [9.17, 15) is 10.1 Å². The fourth-order valence-electron chi connectivity index (χ4n) is 2.50. The summed E-state index contributed by atoms with van der Waals surface area (Å²) in [5.74, 6) is 5.67. The van der Waals surface area contributed by atoms with Gasteiger partial charge in [-0.05, 0) is 11.1 Å². The third-order valence-electron chi connectivity index (χ3n) is 3.80. The Hall–Kier alpha value is -3.72. The summed E-state index contributed by atoms with van der Waals surface area (Å²) in [6.45, 7) is 0.752. The second-order valence-corrected chi connectivity index (χ2v) is 5.67. The van der Waals surface area contributed by atoms with Crippen LogP contribution in [0.15, 0.2) is 60.7 Å². The predicted molar refractivity (Wildman–Crippen MR) is 104 cm³/mol. The highest BCUT2D eigenvalue weighted by molar-refractivity contribution is 5.71.